The summed E-state index contributed by atoms with van der Waals surface area (Å²) >= 11 is 5.51. The van der Waals surface area contributed by atoms with Crippen molar-refractivity contribution in [1.29, 1.82) is 0 Å². The van der Waals surface area contributed by atoms with E-state index in [1.807, 2.05) is 0 Å². The van der Waals surface area contributed by atoms with Crippen LogP contribution in [0.1, 0.15) is 22.8 Å². The predicted octanol–water partition coefficient (Wildman–Crippen LogP) is 0.620. The van der Waals surface area contributed by atoms with Crippen molar-refractivity contribution < 1.29 is 14.3 Å². The first-order valence-corrected chi connectivity index (χ1v) is 5.22. The summed E-state index contributed by atoms with van der Waals surface area (Å²) in [5.41, 5.74) is 0.250. The van der Waals surface area contributed by atoms with E-state index in [9.17, 15) is 9.90 Å². The van der Waals surface area contributed by atoms with Gasteiger partial charge in [-0.3, -0.25) is 4.79 Å². The maximum absolute atomic E-state index is 11.8. The van der Waals surface area contributed by atoms with E-state index >= 15 is 0 Å². The summed E-state index contributed by atoms with van der Waals surface area (Å²) in [6.45, 7) is 0.922. The van der Waals surface area contributed by atoms with Gasteiger partial charge in [-0.25, -0.2) is 4.98 Å². The number of nitrogens with zero attached hydrogens (tertiary/aromatic N) is 2. The number of aliphatic hydroxyl groups is 1. The van der Waals surface area contributed by atoms with Crippen molar-refractivity contribution in [2.75, 3.05) is 13.1 Å². The molecule has 1 aliphatic heterocycles. The highest BCUT2D eigenvalue weighted by atomic mass is 35.5. The first-order chi connectivity index (χ1) is 7.20. The molecule has 1 unspecified atom stereocenters. The van der Waals surface area contributed by atoms with Crippen molar-refractivity contribution in [3.05, 3.63) is 17.8 Å². The van der Waals surface area contributed by atoms with Gasteiger partial charge in [-0.2, -0.15) is 0 Å². The molecule has 1 aromatic rings. The number of β-amino-alcohol motifs (C(OH)–C–C–N with tert-alkyl or cyclic N) is 1. The number of oxazole rings is 1. The lowest BCUT2D eigenvalue weighted by Crippen LogP contribution is -2.29. The van der Waals surface area contributed by atoms with Gasteiger partial charge in [0, 0.05) is 13.1 Å². The van der Waals surface area contributed by atoms with Crippen molar-refractivity contribution in [2.45, 2.75) is 18.4 Å². The number of aromatic nitrogens is 1. The molecule has 0 spiro atoms. The van der Waals surface area contributed by atoms with Crippen molar-refractivity contribution in [1.82, 2.24) is 9.88 Å². The zero-order valence-corrected chi connectivity index (χ0v) is 8.78. The van der Waals surface area contributed by atoms with Gasteiger partial charge in [-0.05, 0) is 6.42 Å². The molecule has 1 aromatic heterocycles. The van der Waals surface area contributed by atoms with Gasteiger partial charge < -0.3 is 14.4 Å². The normalized spacial score (nSPS) is 20.9. The molecule has 6 heteroatoms. The Kier molecular flexibility index (Phi) is 2.93. The quantitative estimate of drug-likeness (QED) is 0.757. The molecule has 1 amide bonds. The number of hydrogen-bond acceptors (Lipinski definition) is 4. The first kappa shape index (κ1) is 10.4. The van der Waals surface area contributed by atoms with Gasteiger partial charge >= 0.3 is 0 Å². The molecule has 1 fully saturated rings. The van der Waals surface area contributed by atoms with Crippen LogP contribution in [0.15, 0.2) is 10.7 Å². The second-order valence-corrected chi connectivity index (χ2v) is 3.72. The van der Waals surface area contributed by atoms with Gasteiger partial charge in [0.25, 0.3) is 5.91 Å². The molecule has 1 atom stereocenters. The summed E-state index contributed by atoms with van der Waals surface area (Å²) in [6.07, 6.45) is 1.49. The summed E-state index contributed by atoms with van der Waals surface area (Å²) in [7, 11) is 0. The fourth-order valence-corrected chi connectivity index (χ4v) is 1.68. The number of carbonyl (C=O) groups excluding carboxylic acids is 1. The van der Waals surface area contributed by atoms with Gasteiger partial charge in [0.2, 0.25) is 5.89 Å². The number of amides is 1. The summed E-state index contributed by atoms with van der Waals surface area (Å²) in [6, 6.07) is 0. The molecule has 0 saturated carbocycles. The highest BCUT2D eigenvalue weighted by Gasteiger charge is 2.27. The standard InChI is InChI=1S/C9H11ClN2O3/c10-3-8-11-7(5-15-8)9(14)12-2-1-6(13)4-12/h5-6,13H,1-4H2. The topological polar surface area (TPSA) is 66.6 Å². The van der Waals surface area contributed by atoms with E-state index in [4.69, 9.17) is 16.0 Å². The number of rotatable bonds is 2. The highest BCUT2D eigenvalue weighted by Crippen LogP contribution is 2.13. The molecule has 5 nitrogen and oxygen atoms in total. The minimum absolute atomic E-state index is 0.149. The average Bonchev–Trinajstić information content (AvgIpc) is 2.84. The van der Waals surface area contributed by atoms with Crippen LogP contribution in [0.2, 0.25) is 0 Å². The van der Waals surface area contributed by atoms with Crippen LogP contribution in [0, 0.1) is 0 Å². The number of carbonyl (C=O) groups is 1. The fourth-order valence-electron chi connectivity index (χ4n) is 1.56. The summed E-state index contributed by atoms with van der Waals surface area (Å²) in [4.78, 5) is 17.3. The molecular formula is C9H11ClN2O3. The monoisotopic (exact) mass is 230 g/mol. The minimum atomic E-state index is -0.423. The van der Waals surface area contributed by atoms with E-state index < -0.39 is 6.10 Å². The van der Waals surface area contributed by atoms with Crippen molar-refractivity contribution in [3.8, 4) is 0 Å². The molecule has 1 aliphatic rings. The Morgan fingerprint density at radius 3 is 3.13 bits per heavy atom. The zero-order chi connectivity index (χ0) is 10.8. The lowest BCUT2D eigenvalue weighted by Gasteiger charge is -2.12. The molecule has 1 N–H and O–H groups in total. The predicted molar refractivity (Wildman–Crippen MR) is 52.6 cm³/mol. The second kappa shape index (κ2) is 4.20. The van der Waals surface area contributed by atoms with Crippen LogP contribution in [-0.4, -0.2) is 40.1 Å². The minimum Gasteiger partial charge on any atom is -0.447 e. The lowest BCUT2D eigenvalue weighted by atomic mass is 10.3. The third kappa shape index (κ3) is 2.13. The van der Waals surface area contributed by atoms with Crippen molar-refractivity contribution in [3.63, 3.8) is 0 Å². The van der Waals surface area contributed by atoms with Crippen molar-refractivity contribution in [2.24, 2.45) is 0 Å². The summed E-state index contributed by atoms with van der Waals surface area (Å²) in [5.74, 6) is 0.266. The maximum Gasteiger partial charge on any atom is 0.275 e. The van der Waals surface area contributed by atoms with Crippen LogP contribution in [0.25, 0.3) is 0 Å². The average molecular weight is 231 g/mol. The van der Waals surface area contributed by atoms with Crippen molar-refractivity contribution >= 4 is 17.5 Å². The van der Waals surface area contributed by atoms with Crippen LogP contribution < -0.4 is 0 Å². The van der Waals surface area contributed by atoms with E-state index in [1.165, 1.54) is 6.26 Å². The Balaban J connectivity index is 2.07. The molecule has 0 aromatic carbocycles. The molecule has 2 heterocycles. The molecule has 0 radical (unpaired) electrons. The van der Waals surface area contributed by atoms with Crippen LogP contribution in [0.5, 0.6) is 0 Å². The summed E-state index contributed by atoms with van der Waals surface area (Å²) in [5, 5.41) is 9.29. The van der Waals surface area contributed by atoms with E-state index in [1.54, 1.807) is 4.90 Å². The molecule has 0 aliphatic carbocycles. The third-order valence-corrected chi connectivity index (χ3v) is 2.56. The van der Waals surface area contributed by atoms with Crippen LogP contribution in [0.3, 0.4) is 0 Å². The molecule has 15 heavy (non-hydrogen) atoms. The van der Waals surface area contributed by atoms with Crippen LogP contribution in [-0.2, 0) is 5.88 Å². The Labute approximate surface area is 91.6 Å². The smallest absolute Gasteiger partial charge is 0.275 e. The summed E-state index contributed by atoms with van der Waals surface area (Å²) < 4.78 is 4.97. The third-order valence-electron chi connectivity index (χ3n) is 2.34. The number of halogens is 1. The van der Waals surface area contributed by atoms with E-state index in [-0.39, 0.29) is 17.5 Å². The number of hydrogen-bond donors (Lipinski definition) is 1. The van der Waals surface area contributed by atoms with Gasteiger partial charge in [-0.1, -0.05) is 0 Å². The Morgan fingerprint density at radius 2 is 2.60 bits per heavy atom. The van der Waals surface area contributed by atoms with Crippen LogP contribution >= 0.6 is 11.6 Å². The molecule has 82 valence electrons. The fraction of sp³-hybridized carbons (Fsp3) is 0.556. The molecule has 0 bridgehead atoms. The lowest BCUT2D eigenvalue weighted by molar-refractivity contribution is 0.0759. The first-order valence-electron chi connectivity index (χ1n) is 4.68. The Morgan fingerprint density at radius 1 is 1.80 bits per heavy atom. The van der Waals surface area contributed by atoms with E-state index in [2.05, 4.69) is 4.98 Å². The highest BCUT2D eigenvalue weighted by molar-refractivity contribution is 6.16. The SMILES string of the molecule is O=C(c1coc(CCl)n1)N1CCC(O)C1. The Bertz CT molecular complexity index is 366. The maximum atomic E-state index is 11.8. The number of alkyl halides is 1. The number of aliphatic hydroxyl groups excluding tert-OH is 1. The van der Waals surface area contributed by atoms with Gasteiger partial charge in [0.1, 0.15) is 6.26 Å². The second-order valence-electron chi connectivity index (χ2n) is 3.45. The van der Waals surface area contributed by atoms with Gasteiger partial charge in [0.15, 0.2) is 5.69 Å². The molecule has 2 rings (SSSR count). The van der Waals surface area contributed by atoms with Gasteiger partial charge in [-0.15, -0.1) is 11.6 Å². The van der Waals surface area contributed by atoms with Gasteiger partial charge in [0.05, 0.1) is 12.0 Å². The molecule has 1 saturated heterocycles. The molecular weight excluding hydrogens is 220 g/mol. The van der Waals surface area contributed by atoms with E-state index in [0.717, 1.165) is 0 Å². The van der Waals surface area contributed by atoms with E-state index in [0.29, 0.717) is 25.4 Å². The largest absolute Gasteiger partial charge is 0.447 e. The number of likely N-dealkylation sites (tertiary alicyclic amines) is 1. The van der Waals surface area contributed by atoms with Crippen LogP contribution in [0.4, 0.5) is 0 Å². The Hall–Kier alpha value is -1.07. The zero-order valence-electron chi connectivity index (χ0n) is 8.02.